The molecule has 1 aliphatic rings. The van der Waals surface area contributed by atoms with Crippen LogP contribution < -0.4 is 0 Å². The van der Waals surface area contributed by atoms with E-state index in [4.69, 9.17) is 0 Å². The molecule has 1 aromatic rings. The lowest BCUT2D eigenvalue weighted by Crippen LogP contribution is -2.33. The van der Waals surface area contributed by atoms with E-state index in [1.165, 1.54) is 16.7 Å². The molecule has 2 amide bonds. The van der Waals surface area contributed by atoms with E-state index in [1.54, 1.807) is 0 Å². The van der Waals surface area contributed by atoms with Crippen molar-refractivity contribution >= 4 is 23.6 Å². The molecular formula is C10H14N4O2S. The number of rotatable bonds is 3. The number of carbonyl (C=O) groups is 2. The zero-order valence-corrected chi connectivity index (χ0v) is 10.7. The van der Waals surface area contributed by atoms with Crippen LogP contribution in [0, 0.1) is 6.92 Å². The minimum Gasteiger partial charge on any atom is -0.309 e. The number of aromatic nitrogens is 3. The number of hydrogen-bond donors (Lipinski definition) is 0. The molecule has 2 heterocycles. The molecule has 0 unspecified atom stereocenters. The molecule has 1 fully saturated rings. The molecule has 6 nitrogen and oxygen atoms in total. The van der Waals surface area contributed by atoms with Crippen molar-refractivity contribution in [3.8, 4) is 0 Å². The molecule has 0 saturated carbocycles. The summed E-state index contributed by atoms with van der Waals surface area (Å²) in [6, 6.07) is 0. The Bertz CT molecular complexity index is 457. The van der Waals surface area contributed by atoms with Gasteiger partial charge in [-0.25, -0.2) is 0 Å². The Labute approximate surface area is 103 Å². The highest BCUT2D eigenvalue weighted by Gasteiger charge is 2.26. The van der Waals surface area contributed by atoms with Crippen LogP contribution in [0.3, 0.4) is 0 Å². The highest BCUT2D eigenvalue weighted by Crippen LogP contribution is 2.18. The van der Waals surface area contributed by atoms with Gasteiger partial charge in [0.1, 0.15) is 5.82 Å². The third kappa shape index (κ3) is 2.49. The van der Waals surface area contributed by atoms with Crippen LogP contribution >= 0.6 is 11.8 Å². The van der Waals surface area contributed by atoms with Gasteiger partial charge in [-0.05, 0) is 13.3 Å². The van der Waals surface area contributed by atoms with Gasteiger partial charge in [0.15, 0.2) is 5.16 Å². The second kappa shape index (κ2) is 4.87. The second-order valence-electron chi connectivity index (χ2n) is 3.92. The molecule has 92 valence electrons. The first-order valence-electron chi connectivity index (χ1n) is 5.41. The van der Waals surface area contributed by atoms with Gasteiger partial charge in [-0.15, -0.1) is 10.2 Å². The summed E-state index contributed by atoms with van der Waals surface area (Å²) >= 11 is 1.31. The third-order valence-electron chi connectivity index (χ3n) is 2.75. The maximum Gasteiger partial charge on any atom is 0.239 e. The minimum absolute atomic E-state index is 0.0651. The van der Waals surface area contributed by atoms with Gasteiger partial charge in [-0.2, -0.15) is 0 Å². The molecule has 2 rings (SSSR count). The van der Waals surface area contributed by atoms with Crippen LogP contribution in [-0.4, -0.2) is 43.8 Å². The van der Waals surface area contributed by atoms with Gasteiger partial charge in [0.2, 0.25) is 11.8 Å². The lowest BCUT2D eigenvalue weighted by atomic mass is 10.4. The summed E-state index contributed by atoms with van der Waals surface area (Å²) in [4.78, 5) is 24.5. The van der Waals surface area contributed by atoms with Crippen LogP contribution in [0.4, 0.5) is 0 Å². The number of aryl methyl sites for hydroxylation is 1. The fourth-order valence-electron chi connectivity index (χ4n) is 1.63. The zero-order chi connectivity index (χ0) is 12.4. The van der Waals surface area contributed by atoms with Crippen molar-refractivity contribution in [2.75, 3.05) is 12.3 Å². The quantitative estimate of drug-likeness (QED) is 0.729. The standard InChI is InChI=1S/C10H14N4O2S/c1-7-11-12-10(13(7)2)17-6-9(16)14-5-3-4-8(14)15/h3-6H2,1-2H3. The highest BCUT2D eigenvalue weighted by atomic mass is 32.2. The molecule has 7 heteroatoms. The average Bonchev–Trinajstić information content (AvgIpc) is 2.85. The smallest absolute Gasteiger partial charge is 0.239 e. The largest absolute Gasteiger partial charge is 0.309 e. The Morgan fingerprint density at radius 2 is 2.24 bits per heavy atom. The maximum atomic E-state index is 11.8. The number of likely N-dealkylation sites (tertiary alicyclic amines) is 1. The first-order chi connectivity index (χ1) is 8.09. The van der Waals surface area contributed by atoms with Crippen LogP contribution in [0.15, 0.2) is 5.16 Å². The molecule has 0 aliphatic carbocycles. The Balaban J connectivity index is 1.92. The molecule has 0 N–H and O–H groups in total. The molecule has 0 radical (unpaired) electrons. The van der Waals surface area contributed by atoms with Crippen LogP contribution in [0.25, 0.3) is 0 Å². The summed E-state index contributed by atoms with van der Waals surface area (Å²) in [5.74, 6) is 0.831. The number of amides is 2. The van der Waals surface area contributed by atoms with Gasteiger partial charge >= 0.3 is 0 Å². The van der Waals surface area contributed by atoms with Crippen molar-refractivity contribution in [3.63, 3.8) is 0 Å². The van der Waals surface area contributed by atoms with E-state index in [9.17, 15) is 9.59 Å². The van der Waals surface area contributed by atoms with Crippen LogP contribution in [0.5, 0.6) is 0 Å². The Morgan fingerprint density at radius 3 is 2.76 bits per heavy atom. The fourth-order valence-corrected chi connectivity index (χ4v) is 2.46. The Kier molecular flexibility index (Phi) is 3.46. The Morgan fingerprint density at radius 1 is 1.47 bits per heavy atom. The topological polar surface area (TPSA) is 68.1 Å². The number of thioether (sulfide) groups is 1. The van der Waals surface area contributed by atoms with Crippen molar-refractivity contribution in [2.45, 2.75) is 24.9 Å². The maximum absolute atomic E-state index is 11.8. The van der Waals surface area contributed by atoms with Gasteiger partial charge < -0.3 is 4.57 Å². The summed E-state index contributed by atoms with van der Waals surface area (Å²) in [7, 11) is 1.85. The van der Waals surface area contributed by atoms with E-state index in [-0.39, 0.29) is 17.6 Å². The zero-order valence-electron chi connectivity index (χ0n) is 9.84. The highest BCUT2D eigenvalue weighted by molar-refractivity contribution is 7.99. The molecule has 1 aliphatic heterocycles. The summed E-state index contributed by atoms with van der Waals surface area (Å²) in [5.41, 5.74) is 0. The molecule has 0 atom stereocenters. The van der Waals surface area contributed by atoms with Crippen LogP contribution in [0.2, 0.25) is 0 Å². The summed E-state index contributed by atoms with van der Waals surface area (Å²) in [6.07, 6.45) is 1.26. The summed E-state index contributed by atoms with van der Waals surface area (Å²) in [6.45, 7) is 2.40. The number of carbonyl (C=O) groups excluding carboxylic acids is 2. The third-order valence-corrected chi connectivity index (χ3v) is 3.76. The number of imide groups is 1. The monoisotopic (exact) mass is 254 g/mol. The Hall–Kier alpha value is -1.37. The van der Waals surface area contributed by atoms with Gasteiger partial charge in [-0.3, -0.25) is 14.5 Å². The number of nitrogens with zero attached hydrogens (tertiary/aromatic N) is 4. The molecule has 0 bridgehead atoms. The van der Waals surface area contributed by atoms with Crippen molar-refractivity contribution in [3.05, 3.63) is 5.82 Å². The molecule has 1 aromatic heterocycles. The minimum atomic E-state index is -0.141. The summed E-state index contributed by atoms with van der Waals surface area (Å²) < 4.78 is 1.82. The van der Waals surface area contributed by atoms with Gasteiger partial charge in [0.25, 0.3) is 0 Å². The fraction of sp³-hybridized carbons (Fsp3) is 0.600. The number of hydrogen-bond acceptors (Lipinski definition) is 5. The van der Waals surface area contributed by atoms with Crippen LogP contribution in [-0.2, 0) is 16.6 Å². The van der Waals surface area contributed by atoms with Crippen molar-refractivity contribution < 1.29 is 9.59 Å². The van der Waals surface area contributed by atoms with E-state index < -0.39 is 0 Å². The lowest BCUT2D eigenvalue weighted by molar-refractivity contribution is -0.140. The van der Waals surface area contributed by atoms with Gasteiger partial charge in [0, 0.05) is 20.0 Å². The average molecular weight is 254 g/mol. The molecular weight excluding hydrogens is 240 g/mol. The normalized spacial score (nSPS) is 15.6. The second-order valence-corrected chi connectivity index (χ2v) is 4.86. The van der Waals surface area contributed by atoms with E-state index in [1.807, 2.05) is 18.5 Å². The lowest BCUT2D eigenvalue weighted by Gasteiger charge is -2.12. The van der Waals surface area contributed by atoms with Crippen LogP contribution in [0.1, 0.15) is 18.7 Å². The summed E-state index contributed by atoms with van der Waals surface area (Å²) in [5, 5.41) is 8.56. The van der Waals surface area contributed by atoms with E-state index in [2.05, 4.69) is 10.2 Å². The van der Waals surface area contributed by atoms with Gasteiger partial charge in [0.05, 0.1) is 5.75 Å². The van der Waals surface area contributed by atoms with Gasteiger partial charge in [-0.1, -0.05) is 11.8 Å². The van der Waals surface area contributed by atoms with Crippen molar-refractivity contribution in [1.82, 2.24) is 19.7 Å². The predicted molar refractivity (Wildman–Crippen MR) is 62.4 cm³/mol. The first-order valence-corrected chi connectivity index (χ1v) is 6.40. The van der Waals surface area contributed by atoms with Crippen molar-refractivity contribution in [1.29, 1.82) is 0 Å². The SMILES string of the molecule is Cc1nnc(SCC(=O)N2CCCC2=O)n1C. The molecule has 0 spiro atoms. The molecule has 1 saturated heterocycles. The first kappa shape index (κ1) is 12.1. The van der Waals surface area contributed by atoms with E-state index >= 15 is 0 Å². The van der Waals surface area contributed by atoms with Crippen molar-refractivity contribution in [2.24, 2.45) is 7.05 Å². The predicted octanol–water partition coefficient (Wildman–Crippen LogP) is 0.365. The molecule has 0 aromatic carbocycles. The van der Waals surface area contributed by atoms with E-state index in [0.717, 1.165) is 12.2 Å². The molecule has 17 heavy (non-hydrogen) atoms. The van der Waals surface area contributed by atoms with E-state index in [0.29, 0.717) is 18.1 Å².